The Kier molecular flexibility index (Phi) is 5.42. The van der Waals surface area contributed by atoms with Crippen molar-refractivity contribution in [1.29, 1.82) is 0 Å². The van der Waals surface area contributed by atoms with E-state index < -0.39 is 0 Å². The summed E-state index contributed by atoms with van der Waals surface area (Å²) >= 11 is 6.31. The molecule has 1 fully saturated rings. The summed E-state index contributed by atoms with van der Waals surface area (Å²) < 4.78 is 1.91. The summed E-state index contributed by atoms with van der Waals surface area (Å²) in [5, 5.41) is 10.0. The fourth-order valence-electron chi connectivity index (χ4n) is 3.97. The van der Waals surface area contributed by atoms with Crippen molar-refractivity contribution in [2.45, 2.75) is 26.7 Å². The maximum atomic E-state index is 6.31. The van der Waals surface area contributed by atoms with Crippen molar-refractivity contribution in [1.82, 2.24) is 19.6 Å². The summed E-state index contributed by atoms with van der Waals surface area (Å²) in [5.74, 6) is 2.67. The van der Waals surface area contributed by atoms with Gasteiger partial charge in [-0.15, -0.1) is 10.2 Å². The highest BCUT2D eigenvalue weighted by molar-refractivity contribution is 6.31. The van der Waals surface area contributed by atoms with Crippen LogP contribution in [0, 0.1) is 12.8 Å². The van der Waals surface area contributed by atoms with Crippen LogP contribution in [-0.4, -0.2) is 39.1 Å². The van der Waals surface area contributed by atoms with Gasteiger partial charge in [0.05, 0.1) is 17.4 Å². The third-order valence-corrected chi connectivity index (χ3v) is 6.27. The number of benzene rings is 2. The zero-order valence-corrected chi connectivity index (χ0v) is 19.6. The molecular formula is C25H24ClN7. The topological polar surface area (TPSA) is 71.0 Å². The number of hydrogen-bond acceptors (Lipinski definition) is 6. The Balaban J connectivity index is 1.59. The van der Waals surface area contributed by atoms with E-state index >= 15 is 0 Å². The molecule has 0 atom stereocenters. The van der Waals surface area contributed by atoms with E-state index in [9.17, 15) is 0 Å². The number of anilines is 2. The predicted molar refractivity (Wildman–Crippen MR) is 136 cm³/mol. The van der Waals surface area contributed by atoms with Crippen molar-refractivity contribution in [2.75, 3.05) is 11.9 Å². The number of halogens is 1. The van der Waals surface area contributed by atoms with Crippen LogP contribution in [0.3, 0.4) is 0 Å². The van der Waals surface area contributed by atoms with Crippen molar-refractivity contribution >= 4 is 57.9 Å². The number of aliphatic imine (C=N–C) groups is 2. The molecule has 0 aliphatic heterocycles. The van der Waals surface area contributed by atoms with Gasteiger partial charge in [0.25, 0.3) is 5.78 Å². The molecule has 0 N–H and O–H groups in total. The van der Waals surface area contributed by atoms with Gasteiger partial charge in [-0.25, -0.2) is 0 Å². The minimum Gasteiger partial charge on any atom is -0.329 e. The Labute approximate surface area is 197 Å². The first-order valence-electron chi connectivity index (χ1n) is 10.8. The second kappa shape index (κ2) is 8.41. The summed E-state index contributed by atoms with van der Waals surface area (Å²) in [6.07, 6.45) is 4.26. The molecule has 7 nitrogen and oxygen atoms in total. The fourth-order valence-corrected chi connectivity index (χ4v) is 4.13. The van der Waals surface area contributed by atoms with Crippen LogP contribution in [-0.2, 0) is 0 Å². The summed E-state index contributed by atoms with van der Waals surface area (Å²) in [6.45, 7) is 7.73. The molecule has 5 rings (SSSR count). The van der Waals surface area contributed by atoms with Crippen LogP contribution in [0.15, 0.2) is 58.6 Å². The van der Waals surface area contributed by atoms with E-state index in [2.05, 4.69) is 39.9 Å². The smallest absolute Gasteiger partial charge is 0.257 e. The first-order chi connectivity index (χ1) is 16.0. The molecule has 2 heterocycles. The first kappa shape index (κ1) is 21.3. The molecule has 2 aromatic heterocycles. The van der Waals surface area contributed by atoms with Gasteiger partial charge in [-0.2, -0.15) is 4.98 Å². The molecule has 8 heteroatoms. The fraction of sp³-hybridized carbons (Fsp3) is 0.240. The lowest BCUT2D eigenvalue weighted by Gasteiger charge is -2.21. The van der Waals surface area contributed by atoms with E-state index in [0.29, 0.717) is 16.7 Å². The average Bonchev–Trinajstić information content (AvgIpc) is 3.61. The van der Waals surface area contributed by atoms with Crippen LogP contribution in [0.25, 0.3) is 22.4 Å². The Morgan fingerprint density at radius 2 is 2.03 bits per heavy atom. The van der Waals surface area contributed by atoms with E-state index in [1.165, 1.54) is 12.8 Å². The third-order valence-electron chi connectivity index (χ3n) is 6.03. The minimum atomic E-state index is 0.526. The molecule has 0 radical (unpaired) electrons. The van der Waals surface area contributed by atoms with Gasteiger partial charge in [0.1, 0.15) is 11.6 Å². The molecular weight excluding hydrogens is 434 g/mol. The summed E-state index contributed by atoms with van der Waals surface area (Å²) in [5.41, 5.74) is 4.68. The van der Waals surface area contributed by atoms with Crippen LogP contribution in [0.2, 0.25) is 5.02 Å². The van der Waals surface area contributed by atoms with Crippen molar-refractivity contribution in [3.63, 3.8) is 0 Å². The lowest BCUT2D eigenvalue weighted by molar-refractivity contribution is 1.02. The zero-order chi connectivity index (χ0) is 23.1. The van der Waals surface area contributed by atoms with Gasteiger partial charge in [-0.3, -0.25) is 14.4 Å². The molecule has 33 heavy (non-hydrogen) atoms. The van der Waals surface area contributed by atoms with E-state index in [4.69, 9.17) is 16.6 Å². The normalized spacial score (nSPS) is 14.8. The number of rotatable bonds is 6. The summed E-state index contributed by atoms with van der Waals surface area (Å²) in [7, 11) is 1.98. The maximum absolute atomic E-state index is 6.31. The van der Waals surface area contributed by atoms with Crippen LogP contribution in [0.4, 0.5) is 11.5 Å². The van der Waals surface area contributed by atoms with Gasteiger partial charge in [-0.05, 0) is 69.7 Å². The molecule has 0 unspecified atom stereocenters. The van der Waals surface area contributed by atoms with Gasteiger partial charge in [0.2, 0.25) is 0 Å². The molecule has 4 aromatic rings. The van der Waals surface area contributed by atoms with Gasteiger partial charge >= 0.3 is 0 Å². The quantitative estimate of drug-likeness (QED) is 0.339. The number of fused-ring (bicyclic) bond motifs is 3. The Hall–Kier alpha value is -3.58. The van der Waals surface area contributed by atoms with Crippen molar-refractivity contribution in [2.24, 2.45) is 15.9 Å². The zero-order valence-electron chi connectivity index (χ0n) is 18.8. The highest BCUT2D eigenvalue weighted by atomic mass is 35.5. The van der Waals surface area contributed by atoms with Crippen LogP contribution < -0.4 is 4.90 Å². The standard InChI is InChI=1S/C25H24ClN7/c1-15(17-8-9-17)28-14-22(27-3)18-6-5-7-20(12-18)32(4)24-21-11-10-19(26)13-23(21)33-16(2)30-31-25(33)29-24/h5-7,10-14,17H,3,8-9H2,1-2,4H3/b22-14-,28-15+. The average molecular weight is 458 g/mol. The van der Waals surface area contributed by atoms with Crippen molar-refractivity contribution in [3.8, 4) is 0 Å². The lowest BCUT2D eigenvalue weighted by Crippen LogP contribution is -2.13. The number of aryl methyl sites for hydroxylation is 1. The van der Waals surface area contributed by atoms with Crippen LogP contribution >= 0.6 is 11.6 Å². The Morgan fingerprint density at radius 3 is 2.79 bits per heavy atom. The number of nitrogens with zero attached hydrogens (tertiary/aromatic N) is 7. The molecule has 0 saturated heterocycles. The highest BCUT2D eigenvalue weighted by Crippen LogP contribution is 2.33. The van der Waals surface area contributed by atoms with Crippen LogP contribution in [0.1, 0.15) is 31.2 Å². The molecule has 0 spiro atoms. The molecule has 166 valence electrons. The Morgan fingerprint density at radius 1 is 1.21 bits per heavy atom. The molecule has 1 aliphatic carbocycles. The first-order valence-corrected chi connectivity index (χ1v) is 11.2. The maximum Gasteiger partial charge on any atom is 0.257 e. The van der Waals surface area contributed by atoms with E-state index in [1.54, 1.807) is 6.20 Å². The van der Waals surface area contributed by atoms with Gasteiger partial charge < -0.3 is 4.90 Å². The SMILES string of the molecule is C=N/C(=C\N=C(/C)C1CC1)c1cccc(N(C)c2nc3nnc(C)n3c3cc(Cl)ccc23)c1. The minimum absolute atomic E-state index is 0.526. The molecule has 0 amide bonds. The summed E-state index contributed by atoms with van der Waals surface area (Å²) in [4.78, 5) is 15.7. The molecule has 1 aliphatic rings. The largest absolute Gasteiger partial charge is 0.329 e. The molecule has 2 aromatic carbocycles. The van der Waals surface area contributed by atoms with E-state index in [0.717, 1.165) is 45.2 Å². The monoisotopic (exact) mass is 457 g/mol. The number of aromatic nitrogens is 4. The van der Waals surface area contributed by atoms with Crippen LogP contribution in [0.5, 0.6) is 0 Å². The summed E-state index contributed by atoms with van der Waals surface area (Å²) in [6, 6.07) is 13.9. The van der Waals surface area contributed by atoms with Crippen molar-refractivity contribution < 1.29 is 0 Å². The molecule has 1 saturated carbocycles. The third kappa shape index (κ3) is 4.00. The Bertz CT molecular complexity index is 1450. The second-order valence-electron chi connectivity index (χ2n) is 8.31. The van der Waals surface area contributed by atoms with E-state index in [1.807, 2.05) is 59.7 Å². The second-order valence-corrected chi connectivity index (χ2v) is 8.74. The highest BCUT2D eigenvalue weighted by Gasteiger charge is 2.24. The molecule has 0 bridgehead atoms. The van der Waals surface area contributed by atoms with Gasteiger partial charge in [0, 0.05) is 34.4 Å². The van der Waals surface area contributed by atoms with E-state index in [-0.39, 0.29) is 0 Å². The van der Waals surface area contributed by atoms with Gasteiger partial charge in [-0.1, -0.05) is 23.7 Å². The number of hydrogen-bond donors (Lipinski definition) is 0. The van der Waals surface area contributed by atoms with Crippen molar-refractivity contribution in [3.05, 3.63) is 65.1 Å². The van der Waals surface area contributed by atoms with Gasteiger partial charge in [0.15, 0.2) is 0 Å². The lowest BCUT2D eigenvalue weighted by atomic mass is 10.1. The predicted octanol–water partition coefficient (Wildman–Crippen LogP) is 5.88.